The zero-order chi connectivity index (χ0) is 22.6. The topological polar surface area (TPSA) is 50.2 Å². The molecular weight excluding hydrogens is 415 g/mol. The second-order valence-corrected chi connectivity index (χ2v) is 9.22. The highest BCUT2D eigenvalue weighted by molar-refractivity contribution is 5.94. The molecule has 0 radical (unpaired) electrons. The van der Waals surface area contributed by atoms with E-state index in [9.17, 15) is 9.18 Å². The van der Waals surface area contributed by atoms with Crippen LogP contribution in [0.1, 0.15) is 58.6 Å². The minimum absolute atomic E-state index is 0.0805. The summed E-state index contributed by atoms with van der Waals surface area (Å²) in [5.74, 6) is -0.135. The van der Waals surface area contributed by atoms with Crippen molar-refractivity contribution >= 4 is 5.91 Å². The van der Waals surface area contributed by atoms with Crippen LogP contribution in [0, 0.1) is 5.82 Å². The van der Waals surface area contributed by atoms with E-state index in [4.69, 9.17) is 5.10 Å². The molecule has 1 unspecified atom stereocenters. The molecule has 6 heteroatoms. The summed E-state index contributed by atoms with van der Waals surface area (Å²) in [6.45, 7) is 3.02. The number of nitrogens with one attached hydrogen (secondary N) is 1. The monoisotopic (exact) mass is 446 g/mol. The first-order valence-electron chi connectivity index (χ1n) is 12.1. The van der Waals surface area contributed by atoms with E-state index in [1.807, 2.05) is 35.2 Å². The molecule has 5 rings (SSSR count). The summed E-state index contributed by atoms with van der Waals surface area (Å²) in [6.07, 6.45) is 6.01. The van der Waals surface area contributed by atoms with Gasteiger partial charge < -0.3 is 10.2 Å². The van der Waals surface area contributed by atoms with Crippen LogP contribution in [0.2, 0.25) is 0 Å². The molecule has 1 N–H and O–H groups in total. The highest BCUT2D eigenvalue weighted by Crippen LogP contribution is 2.27. The third-order valence-electron chi connectivity index (χ3n) is 6.88. The maximum atomic E-state index is 13.4. The number of halogens is 1. The lowest BCUT2D eigenvalue weighted by molar-refractivity contribution is 0.0716. The van der Waals surface area contributed by atoms with Gasteiger partial charge >= 0.3 is 0 Å². The van der Waals surface area contributed by atoms with Gasteiger partial charge in [-0.3, -0.25) is 9.48 Å². The first-order chi connectivity index (χ1) is 16.2. The van der Waals surface area contributed by atoms with Crippen LogP contribution >= 0.6 is 0 Å². The summed E-state index contributed by atoms with van der Waals surface area (Å²) >= 11 is 0. The standard InChI is InChI=1S/C27H31FN4O/c28-22-11-9-20(10-12-22)18-29-23-13-14-25-24(17-23)26(27(33)31-15-5-2-6-16-31)30-32(25)19-21-7-3-1-4-8-21/h1,3-4,7-12,23,29H,2,5-6,13-19H2. The van der Waals surface area contributed by atoms with Crippen LogP contribution in [-0.4, -0.2) is 39.7 Å². The molecule has 2 aliphatic rings. The van der Waals surface area contributed by atoms with Crippen molar-refractivity contribution in [1.82, 2.24) is 20.0 Å². The third-order valence-corrected chi connectivity index (χ3v) is 6.88. The molecular formula is C27H31FN4O. The summed E-state index contributed by atoms with van der Waals surface area (Å²) < 4.78 is 15.3. The molecule has 33 heavy (non-hydrogen) atoms. The van der Waals surface area contributed by atoms with Crippen LogP contribution in [0.4, 0.5) is 4.39 Å². The van der Waals surface area contributed by atoms with Crippen molar-refractivity contribution in [2.45, 2.75) is 57.7 Å². The van der Waals surface area contributed by atoms with Crippen LogP contribution in [0.5, 0.6) is 0 Å². The molecule has 2 aromatic carbocycles. The normalized spacial score (nSPS) is 18.2. The van der Waals surface area contributed by atoms with E-state index in [1.165, 1.54) is 29.8 Å². The fraction of sp³-hybridized carbons (Fsp3) is 0.407. The zero-order valence-corrected chi connectivity index (χ0v) is 19.0. The smallest absolute Gasteiger partial charge is 0.274 e. The molecule has 1 saturated heterocycles. The molecule has 5 nitrogen and oxygen atoms in total. The maximum Gasteiger partial charge on any atom is 0.274 e. The van der Waals surface area contributed by atoms with Gasteiger partial charge in [-0.05, 0) is 61.8 Å². The number of piperidine rings is 1. The highest BCUT2D eigenvalue weighted by atomic mass is 19.1. The molecule has 1 atom stereocenters. The van der Waals surface area contributed by atoms with Gasteiger partial charge in [0.15, 0.2) is 5.69 Å². The number of fused-ring (bicyclic) bond motifs is 1. The van der Waals surface area contributed by atoms with Gasteiger partial charge in [0.2, 0.25) is 0 Å². The van der Waals surface area contributed by atoms with E-state index in [1.54, 1.807) is 0 Å². The first kappa shape index (κ1) is 21.8. The molecule has 0 saturated carbocycles. The summed E-state index contributed by atoms with van der Waals surface area (Å²) in [4.78, 5) is 15.4. The Morgan fingerprint density at radius 1 is 1.00 bits per heavy atom. The minimum atomic E-state index is -0.215. The number of hydrogen-bond donors (Lipinski definition) is 1. The molecule has 1 aliphatic carbocycles. The number of carbonyl (C=O) groups is 1. The van der Waals surface area contributed by atoms with Crippen LogP contribution in [0.15, 0.2) is 54.6 Å². The van der Waals surface area contributed by atoms with Gasteiger partial charge in [-0.25, -0.2) is 4.39 Å². The van der Waals surface area contributed by atoms with Gasteiger partial charge in [-0.2, -0.15) is 5.10 Å². The lowest BCUT2D eigenvalue weighted by Crippen LogP contribution is -2.38. The lowest BCUT2D eigenvalue weighted by atomic mass is 9.90. The van der Waals surface area contributed by atoms with E-state index in [0.717, 1.165) is 56.3 Å². The Kier molecular flexibility index (Phi) is 6.53. The van der Waals surface area contributed by atoms with Gasteiger partial charge in [-0.1, -0.05) is 42.5 Å². The Morgan fingerprint density at radius 2 is 1.76 bits per heavy atom. The number of carbonyl (C=O) groups excluding carboxylic acids is 1. The van der Waals surface area contributed by atoms with Crippen molar-refractivity contribution < 1.29 is 9.18 Å². The fourth-order valence-electron chi connectivity index (χ4n) is 5.03. The minimum Gasteiger partial charge on any atom is -0.337 e. The zero-order valence-electron chi connectivity index (χ0n) is 19.0. The number of rotatable bonds is 6. The Bertz CT molecular complexity index is 1090. The maximum absolute atomic E-state index is 13.4. The van der Waals surface area contributed by atoms with Crippen LogP contribution in [0.25, 0.3) is 0 Å². The van der Waals surface area contributed by atoms with Gasteiger partial charge in [0.05, 0.1) is 6.54 Å². The van der Waals surface area contributed by atoms with Gasteiger partial charge in [0.1, 0.15) is 5.82 Å². The molecule has 1 aliphatic heterocycles. The van der Waals surface area contributed by atoms with E-state index >= 15 is 0 Å². The predicted molar refractivity (Wildman–Crippen MR) is 127 cm³/mol. The molecule has 172 valence electrons. The van der Waals surface area contributed by atoms with Crippen molar-refractivity contribution in [3.05, 3.63) is 88.5 Å². The Labute approximate surface area is 194 Å². The number of benzene rings is 2. The Balaban J connectivity index is 1.38. The highest BCUT2D eigenvalue weighted by Gasteiger charge is 2.31. The van der Waals surface area contributed by atoms with Gasteiger partial charge in [-0.15, -0.1) is 0 Å². The molecule has 2 heterocycles. The lowest BCUT2D eigenvalue weighted by Gasteiger charge is -2.28. The number of nitrogens with zero attached hydrogens (tertiary/aromatic N) is 3. The van der Waals surface area contributed by atoms with Crippen LogP contribution in [0.3, 0.4) is 0 Å². The second kappa shape index (κ2) is 9.87. The van der Waals surface area contributed by atoms with Crippen molar-refractivity contribution in [3.8, 4) is 0 Å². The Hall–Kier alpha value is -2.99. The molecule has 1 aromatic heterocycles. The predicted octanol–water partition coefficient (Wildman–Crippen LogP) is 4.34. The molecule has 1 fully saturated rings. The molecule has 0 bridgehead atoms. The number of hydrogen-bond acceptors (Lipinski definition) is 3. The largest absolute Gasteiger partial charge is 0.337 e. The van der Waals surface area contributed by atoms with Crippen molar-refractivity contribution in [2.24, 2.45) is 0 Å². The number of likely N-dealkylation sites (tertiary alicyclic amines) is 1. The van der Waals surface area contributed by atoms with E-state index in [-0.39, 0.29) is 17.8 Å². The second-order valence-electron chi connectivity index (χ2n) is 9.22. The number of amides is 1. The van der Waals surface area contributed by atoms with Crippen molar-refractivity contribution in [3.63, 3.8) is 0 Å². The average molecular weight is 447 g/mol. The average Bonchev–Trinajstić information content (AvgIpc) is 3.22. The van der Waals surface area contributed by atoms with E-state index in [0.29, 0.717) is 18.8 Å². The fourth-order valence-corrected chi connectivity index (χ4v) is 5.03. The number of aromatic nitrogens is 2. The van der Waals surface area contributed by atoms with Crippen molar-refractivity contribution in [2.75, 3.05) is 13.1 Å². The summed E-state index contributed by atoms with van der Waals surface area (Å²) in [6, 6.07) is 17.2. The van der Waals surface area contributed by atoms with Gasteiger partial charge in [0.25, 0.3) is 5.91 Å². The van der Waals surface area contributed by atoms with Gasteiger partial charge in [0, 0.05) is 36.9 Å². The van der Waals surface area contributed by atoms with Crippen LogP contribution in [-0.2, 0) is 25.9 Å². The summed E-state index contributed by atoms with van der Waals surface area (Å²) in [7, 11) is 0. The van der Waals surface area contributed by atoms with Crippen molar-refractivity contribution in [1.29, 1.82) is 0 Å². The van der Waals surface area contributed by atoms with Crippen LogP contribution < -0.4 is 5.32 Å². The molecule has 1 amide bonds. The molecule has 3 aromatic rings. The summed E-state index contributed by atoms with van der Waals surface area (Å²) in [5, 5.41) is 8.50. The SMILES string of the molecule is O=C(c1nn(Cc2ccccc2)c2c1CC(NCc1ccc(F)cc1)CC2)N1CCCCC1. The quantitative estimate of drug-likeness (QED) is 0.613. The van der Waals surface area contributed by atoms with E-state index < -0.39 is 0 Å². The summed E-state index contributed by atoms with van der Waals surface area (Å²) in [5.41, 5.74) is 5.18. The molecule has 0 spiro atoms. The first-order valence-corrected chi connectivity index (χ1v) is 12.1. The Morgan fingerprint density at radius 3 is 2.52 bits per heavy atom. The van der Waals surface area contributed by atoms with E-state index in [2.05, 4.69) is 22.1 Å². The third kappa shape index (κ3) is 5.01.